The fraction of sp³-hybridized carbons (Fsp3) is 0.353. The molecule has 0 radical (unpaired) electrons. The Morgan fingerprint density at radius 2 is 2.14 bits per heavy atom. The number of hydrogen-bond donors (Lipinski definition) is 0. The molecule has 1 heterocycles. The van der Waals surface area contributed by atoms with Crippen LogP contribution < -0.4 is 0 Å². The molecule has 1 aliphatic carbocycles. The average molecular weight is 285 g/mol. The second-order valence-electron chi connectivity index (χ2n) is 5.43. The lowest BCUT2D eigenvalue weighted by atomic mass is 10.1. The van der Waals surface area contributed by atoms with Gasteiger partial charge in [-0.1, -0.05) is 24.3 Å². The summed E-state index contributed by atoms with van der Waals surface area (Å²) in [5.41, 5.74) is 2.84. The van der Waals surface area contributed by atoms with Crippen LogP contribution >= 0.6 is 0 Å². The summed E-state index contributed by atoms with van der Waals surface area (Å²) in [5.74, 6) is 0.602. The van der Waals surface area contributed by atoms with E-state index in [0.29, 0.717) is 12.6 Å². The minimum atomic E-state index is -0.435. The Labute approximate surface area is 124 Å². The van der Waals surface area contributed by atoms with Crippen molar-refractivity contribution in [2.75, 3.05) is 14.2 Å². The highest BCUT2D eigenvalue weighted by Gasteiger charge is 2.26. The maximum absolute atomic E-state index is 11.4. The lowest BCUT2D eigenvalue weighted by molar-refractivity contribution is 0.0560. The molecule has 1 atom stereocenters. The number of carbonyl (C=O) groups excluding carboxylic acids is 1. The van der Waals surface area contributed by atoms with Crippen molar-refractivity contribution in [2.45, 2.75) is 25.4 Å². The number of aryl methyl sites for hydroxylation is 1. The lowest BCUT2D eigenvalue weighted by Crippen LogP contribution is -2.22. The van der Waals surface area contributed by atoms with E-state index < -0.39 is 5.97 Å². The fourth-order valence-corrected chi connectivity index (χ4v) is 3.02. The molecule has 1 aromatic carbocycles. The number of furan rings is 1. The third kappa shape index (κ3) is 2.72. The van der Waals surface area contributed by atoms with Crippen molar-refractivity contribution >= 4 is 5.97 Å². The SMILES string of the molecule is COC(=O)c1ccc(CN(C)C2CCc3ccccc32)o1. The highest BCUT2D eigenvalue weighted by Crippen LogP contribution is 2.35. The van der Waals surface area contributed by atoms with Crippen LogP contribution in [0.3, 0.4) is 0 Å². The molecule has 0 aliphatic heterocycles. The van der Waals surface area contributed by atoms with E-state index >= 15 is 0 Å². The quantitative estimate of drug-likeness (QED) is 0.809. The van der Waals surface area contributed by atoms with Crippen molar-refractivity contribution in [3.8, 4) is 0 Å². The third-order valence-electron chi connectivity index (χ3n) is 4.09. The number of ether oxygens (including phenoxy) is 1. The van der Waals surface area contributed by atoms with Crippen molar-refractivity contribution in [3.63, 3.8) is 0 Å². The minimum Gasteiger partial charge on any atom is -0.463 e. The van der Waals surface area contributed by atoms with E-state index in [4.69, 9.17) is 4.42 Å². The number of methoxy groups -OCH3 is 1. The zero-order valence-corrected chi connectivity index (χ0v) is 12.3. The summed E-state index contributed by atoms with van der Waals surface area (Å²) in [7, 11) is 3.44. The van der Waals surface area contributed by atoms with Crippen molar-refractivity contribution < 1.29 is 13.9 Å². The van der Waals surface area contributed by atoms with E-state index in [1.165, 1.54) is 18.2 Å². The van der Waals surface area contributed by atoms with E-state index in [2.05, 4.69) is 40.9 Å². The second kappa shape index (κ2) is 5.74. The predicted octanol–water partition coefficient (Wildman–Crippen LogP) is 3.19. The zero-order valence-electron chi connectivity index (χ0n) is 12.3. The standard InChI is InChI=1S/C17H19NO3/c1-18(11-13-8-10-16(21-13)17(19)20-2)15-9-7-12-5-3-4-6-14(12)15/h3-6,8,10,15H,7,9,11H2,1-2H3. The van der Waals surface area contributed by atoms with Crippen LogP contribution in [0.2, 0.25) is 0 Å². The molecule has 0 amide bonds. The van der Waals surface area contributed by atoms with Crippen LogP contribution in [0.5, 0.6) is 0 Å². The fourth-order valence-electron chi connectivity index (χ4n) is 3.02. The Morgan fingerprint density at radius 1 is 1.33 bits per heavy atom. The molecule has 4 nitrogen and oxygen atoms in total. The van der Waals surface area contributed by atoms with Gasteiger partial charge in [-0.15, -0.1) is 0 Å². The molecule has 0 saturated heterocycles. The van der Waals surface area contributed by atoms with Gasteiger partial charge in [0.05, 0.1) is 13.7 Å². The molecular formula is C17H19NO3. The molecule has 1 unspecified atom stereocenters. The van der Waals surface area contributed by atoms with Crippen molar-refractivity contribution in [1.82, 2.24) is 4.90 Å². The van der Waals surface area contributed by atoms with Gasteiger partial charge in [-0.2, -0.15) is 0 Å². The minimum absolute atomic E-state index is 0.257. The van der Waals surface area contributed by atoms with Crippen LogP contribution in [0.25, 0.3) is 0 Å². The van der Waals surface area contributed by atoms with Crippen LogP contribution in [-0.4, -0.2) is 25.0 Å². The van der Waals surface area contributed by atoms with E-state index in [1.807, 2.05) is 6.07 Å². The smallest absolute Gasteiger partial charge is 0.373 e. The van der Waals surface area contributed by atoms with Gasteiger partial charge in [-0.3, -0.25) is 4.90 Å². The molecule has 2 aromatic rings. The first-order chi connectivity index (χ1) is 10.2. The summed E-state index contributed by atoms with van der Waals surface area (Å²) in [6.45, 7) is 0.677. The highest BCUT2D eigenvalue weighted by atomic mass is 16.5. The van der Waals surface area contributed by atoms with Gasteiger partial charge in [0.25, 0.3) is 0 Å². The van der Waals surface area contributed by atoms with Crippen molar-refractivity contribution in [3.05, 3.63) is 59.0 Å². The van der Waals surface area contributed by atoms with E-state index in [0.717, 1.165) is 18.6 Å². The van der Waals surface area contributed by atoms with E-state index in [1.54, 1.807) is 6.07 Å². The largest absolute Gasteiger partial charge is 0.463 e. The van der Waals surface area contributed by atoms with Gasteiger partial charge in [0, 0.05) is 6.04 Å². The Kier molecular flexibility index (Phi) is 3.80. The average Bonchev–Trinajstić information content (AvgIpc) is 3.12. The summed E-state index contributed by atoms with van der Waals surface area (Å²) >= 11 is 0. The third-order valence-corrected chi connectivity index (χ3v) is 4.09. The van der Waals surface area contributed by atoms with E-state index in [-0.39, 0.29) is 5.76 Å². The van der Waals surface area contributed by atoms with Gasteiger partial charge in [0.2, 0.25) is 5.76 Å². The number of fused-ring (bicyclic) bond motifs is 1. The first-order valence-corrected chi connectivity index (χ1v) is 7.14. The summed E-state index contributed by atoms with van der Waals surface area (Å²) < 4.78 is 10.2. The molecule has 1 aromatic heterocycles. The van der Waals surface area contributed by atoms with Gasteiger partial charge in [0.15, 0.2) is 0 Å². The normalized spacial score (nSPS) is 17.0. The molecule has 3 rings (SSSR count). The Hall–Kier alpha value is -2.07. The molecule has 110 valence electrons. The van der Waals surface area contributed by atoms with E-state index in [9.17, 15) is 4.79 Å². The summed E-state index contributed by atoms with van der Waals surface area (Å²) in [6, 6.07) is 12.5. The number of hydrogen-bond acceptors (Lipinski definition) is 4. The van der Waals surface area contributed by atoms with Crippen LogP contribution in [0.4, 0.5) is 0 Å². The number of rotatable bonds is 4. The Bertz CT molecular complexity index is 647. The van der Waals surface area contributed by atoms with Crippen molar-refractivity contribution in [2.24, 2.45) is 0 Å². The lowest BCUT2D eigenvalue weighted by Gasteiger charge is -2.24. The van der Waals surface area contributed by atoms with Gasteiger partial charge in [0.1, 0.15) is 5.76 Å². The molecule has 21 heavy (non-hydrogen) atoms. The molecule has 0 bridgehead atoms. The summed E-state index contributed by atoms with van der Waals surface area (Å²) in [4.78, 5) is 13.7. The summed E-state index contributed by atoms with van der Waals surface area (Å²) in [6.07, 6.45) is 2.25. The first-order valence-electron chi connectivity index (χ1n) is 7.14. The topological polar surface area (TPSA) is 42.7 Å². The molecule has 0 spiro atoms. The number of esters is 1. The van der Waals surface area contributed by atoms with Crippen LogP contribution in [0, 0.1) is 0 Å². The van der Waals surface area contributed by atoms with Crippen LogP contribution in [0.15, 0.2) is 40.8 Å². The van der Waals surface area contributed by atoms with Crippen LogP contribution in [0.1, 0.15) is 39.9 Å². The zero-order chi connectivity index (χ0) is 14.8. The maximum Gasteiger partial charge on any atom is 0.373 e. The molecule has 1 aliphatic rings. The second-order valence-corrected chi connectivity index (χ2v) is 5.43. The number of nitrogens with zero attached hydrogens (tertiary/aromatic N) is 1. The number of carbonyl (C=O) groups is 1. The Morgan fingerprint density at radius 3 is 2.95 bits per heavy atom. The van der Waals surface area contributed by atoms with Gasteiger partial charge in [-0.05, 0) is 43.1 Å². The van der Waals surface area contributed by atoms with Gasteiger partial charge >= 0.3 is 5.97 Å². The van der Waals surface area contributed by atoms with Crippen molar-refractivity contribution in [1.29, 1.82) is 0 Å². The monoisotopic (exact) mass is 285 g/mol. The highest BCUT2D eigenvalue weighted by molar-refractivity contribution is 5.86. The molecule has 0 saturated carbocycles. The van der Waals surface area contributed by atoms with Gasteiger partial charge < -0.3 is 9.15 Å². The summed E-state index contributed by atoms with van der Waals surface area (Å²) in [5, 5.41) is 0. The van der Waals surface area contributed by atoms with Gasteiger partial charge in [-0.25, -0.2) is 4.79 Å². The Balaban J connectivity index is 1.71. The first kappa shape index (κ1) is 13.9. The van der Waals surface area contributed by atoms with Crippen LogP contribution in [-0.2, 0) is 17.7 Å². The molecular weight excluding hydrogens is 266 g/mol. The predicted molar refractivity (Wildman–Crippen MR) is 79.0 cm³/mol. The molecule has 4 heteroatoms. The molecule has 0 fully saturated rings. The molecule has 0 N–H and O–H groups in total. The maximum atomic E-state index is 11.4. The number of benzene rings is 1.